The van der Waals surface area contributed by atoms with Gasteiger partial charge in [0, 0.05) is 22.6 Å². The lowest BCUT2D eigenvalue weighted by molar-refractivity contribution is -0.121. The Morgan fingerprint density at radius 1 is 0.833 bits per heavy atom. The van der Waals surface area contributed by atoms with Crippen molar-refractivity contribution in [3.8, 4) is 17.2 Å². The van der Waals surface area contributed by atoms with Crippen molar-refractivity contribution in [3.63, 3.8) is 0 Å². The monoisotopic (exact) mass is 665 g/mol. The minimum atomic E-state index is -0.620. The molecule has 4 aromatic rings. The molecule has 1 aliphatic rings. The van der Waals surface area contributed by atoms with E-state index in [-0.39, 0.29) is 23.9 Å². The third-order valence-corrected chi connectivity index (χ3v) is 8.65. The topological polar surface area (TPSA) is 123 Å². The zero-order chi connectivity index (χ0) is 34.4. The number of aryl methyl sites for hydroxylation is 2. The van der Waals surface area contributed by atoms with Crippen molar-refractivity contribution in [3.05, 3.63) is 113 Å². The number of ether oxygens (including phenoxy) is 3. The number of anilines is 2. The van der Waals surface area contributed by atoms with E-state index < -0.39 is 17.1 Å². The van der Waals surface area contributed by atoms with Crippen molar-refractivity contribution in [2.75, 3.05) is 31.5 Å². The van der Waals surface area contributed by atoms with Gasteiger partial charge in [0.15, 0.2) is 11.5 Å². The number of imide groups is 1. The molecule has 10 nitrogen and oxygen atoms in total. The molecule has 11 heteroatoms. The molecule has 246 valence electrons. The van der Waals surface area contributed by atoms with Crippen molar-refractivity contribution in [2.24, 2.45) is 0 Å². The summed E-state index contributed by atoms with van der Waals surface area (Å²) in [5, 5.41) is 4.95. The van der Waals surface area contributed by atoms with E-state index in [0.717, 1.165) is 11.1 Å². The van der Waals surface area contributed by atoms with Gasteiger partial charge in [0.25, 0.3) is 11.8 Å². The molecule has 2 N–H and O–H groups in total. The lowest BCUT2D eigenvalue weighted by atomic mass is 10.1. The van der Waals surface area contributed by atoms with Crippen molar-refractivity contribution in [2.45, 2.75) is 30.4 Å². The molecule has 0 aromatic heterocycles. The van der Waals surface area contributed by atoms with Crippen molar-refractivity contribution in [1.82, 2.24) is 5.32 Å². The van der Waals surface area contributed by atoms with E-state index in [0.29, 0.717) is 44.6 Å². The van der Waals surface area contributed by atoms with E-state index in [1.54, 1.807) is 66.7 Å². The Morgan fingerprint density at radius 2 is 1.50 bits per heavy atom. The summed E-state index contributed by atoms with van der Waals surface area (Å²) in [7, 11) is 4.45. The van der Waals surface area contributed by atoms with Crippen LogP contribution >= 0.6 is 11.8 Å². The first-order valence-corrected chi connectivity index (χ1v) is 15.9. The lowest BCUT2D eigenvalue weighted by Gasteiger charge is -2.16. The van der Waals surface area contributed by atoms with Gasteiger partial charge in [-0.1, -0.05) is 30.3 Å². The predicted octanol–water partition coefficient (Wildman–Crippen LogP) is 6.16. The first kappa shape index (κ1) is 33.8. The lowest BCUT2D eigenvalue weighted by Crippen LogP contribution is -2.31. The number of benzene rings is 4. The number of nitrogens with zero attached hydrogens (tertiary/aromatic N) is 1. The fraction of sp³-hybridized carbons (Fsp3) is 0.189. The fourth-order valence-corrected chi connectivity index (χ4v) is 6.46. The van der Waals surface area contributed by atoms with E-state index in [9.17, 15) is 19.2 Å². The van der Waals surface area contributed by atoms with E-state index in [1.165, 1.54) is 44.1 Å². The van der Waals surface area contributed by atoms with Gasteiger partial charge in [-0.25, -0.2) is 4.90 Å². The number of methoxy groups -OCH3 is 3. The molecule has 0 saturated carbocycles. The molecule has 0 unspecified atom stereocenters. The van der Waals surface area contributed by atoms with Gasteiger partial charge in [0.1, 0.15) is 5.70 Å². The van der Waals surface area contributed by atoms with Crippen LogP contribution in [0.15, 0.2) is 95.5 Å². The smallest absolute Gasteiger partial charge is 0.272 e. The van der Waals surface area contributed by atoms with Crippen molar-refractivity contribution < 1.29 is 33.4 Å². The Balaban J connectivity index is 1.39. The van der Waals surface area contributed by atoms with Gasteiger partial charge in [-0.2, -0.15) is 0 Å². The normalized spacial score (nSPS) is 14.5. The second kappa shape index (κ2) is 14.9. The largest absolute Gasteiger partial charge is 0.493 e. The zero-order valence-electron chi connectivity index (χ0n) is 27.2. The summed E-state index contributed by atoms with van der Waals surface area (Å²) in [5.74, 6) is -0.498. The highest BCUT2D eigenvalue weighted by Gasteiger charge is 2.40. The summed E-state index contributed by atoms with van der Waals surface area (Å²) in [6.07, 6.45) is 1.56. The number of carbonyl (C=O) groups is 4. The summed E-state index contributed by atoms with van der Waals surface area (Å²) in [6.45, 7) is 3.85. The summed E-state index contributed by atoms with van der Waals surface area (Å²) >= 11 is 1.25. The number of carbonyl (C=O) groups excluding carboxylic acids is 4. The van der Waals surface area contributed by atoms with Crippen LogP contribution < -0.4 is 29.7 Å². The summed E-state index contributed by atoms with van der Waals surface area (Å²) < 4.78 is 16.3. The second-order valence-electron chi connectivity index (χ2n) is 11.0. The maximum atomic E-state index is 13.7. The molecule has 5 rings (SSSR count). The third-order valence-electron chi connectivity index (χ3n) is 7.47. The molecule has 0 bridgehead atoms. The quantitative estimate of drug-likeness (QED) is 0.144. The summed E-state index contributed by atoms with van der Waals surface area (Å²) in [4.78, 5) is 55.1. The molecule has 1 aliphatic heterocycles. The maximum Gasteiger partial charge on any atom is 0.272 e. The highest BCUT2D eigenvalue weighted by molar-refractivity contribution is 8.00. The number of nitrogens with one attached hydrogen (secondary N) is 2. The van der Waals surface area contributed by atoms with Crippen LogP contribution in [-0.4, -0.2) is 50.2 Å². The van der Waals surface area contributed by atoms with E-state index >= 15 is 0 Å². The molecule has 1 heterocycles. The van der Waals surface area contributed by atoms with Gasteiger partial charge in [-0.05, 0) is 91.2 Å². The van der Waals surface area contributed by atoms with Crippen LogP contribution in [0.5, 0.6) is 17.2 Å². The highest BCUT2D eigenvalue weighted by Crippen LogP contribution is 2.39. The molecule has 4 aromatic carbocycles. The van der Waals surface area contributed by atoms with Crippen molar-refractivity contribution in [1.29, 1.82) is 0 Å². The molecule has 1 atom stereocenters. The van der Waals surface area contributed by atoms with Gasteiger partial charge >= 0.3 is 0 Å². The van der Waals surface area contributed by atoms with E-state index in [1.807, 2.05) is 32.0 Å². The van der Waals surface area contributed by atoms with Gasteiger partial charge in [-0.15, -0.1) is 11.8 Å². The molecule has 48 heavy (non-hydrogen) atoms. The van der Waals surface area contributed by atoms with Crippen LogP contribution in [0.4, 0.5) is 11.4 Å². The average Bonchev–Trinajstić information content (AvgIpc) is 3.35. The van der Waals surface area contributed by atoms with Crippen LogP contribution in [0, 0.1) is 13.8 Å². The van der Waals surface area contributed by atoms with Crippen LogP contribution in [0.25, 0.3) is 6.08 Å². The van der Waals surface area contributed by atoms with Gasteiger partial charge in [-0.3, -0.25) is 19.2 Å². The van der Waals surface area contributed by atoms with Crippen LogP contribution in [0.2, 0.25) is 0 Å². The molecule has 1 fully saturated rings. The van der Waals surface area contributed by atoms with Gasteiger partial charge < -0.3 is 24.8 Å². The number of amides is 4. The van der Waals surface area contributed by atoms with Gasteiger partial charge in [0.2, 0.25) is 17.6 Å². The number of rotatable bonds is 11. The minimum absolute atomic E-state index is 0.0446. The molecule has 0 spiro atoms. The van der Waals surface area contributed by atoms with Gasteiger partial charge in [0.05, 0.1) is 32.3 Å². The fourth-order valence-electron chi connectivity index (χ4n) is 5.35. The first-order valence-electron chi connectivity index (χ1n) is 15.0. The summed E-state index contributed by atoms with van der Waals surface area (Å²) in [5.41, 5.74) is 3.74. The Labute approximate surface area is 283 Å². The number of thioether (sulfide) groups is 1. The van der Waals surface area contributed by atoms with Crippen LogP contribution in [0.3, 0.4) is 0 Å². The van der Waals surface area contributed by atoms with E-state index in [4.69, 9.17) is 14.2 Å². The maximum absolute atomic E-state index is 13.7. The van der Waals surface area contributed by atoms with Crippen molar-refractivity contribution >= 4 is 52.8 Å². The number of hydrogen-bond acceptors (Lipinski definition) is 8. The van der Waals surface area contributed by atoms with E-state index in [2.05, 4.69) is 10.6 Å². The molecule has 1 saturated heterocycles. The predicted molar refractivity (Wildman–Crippen MR) is 186 cm³/mol. The highest BCUT2D eigenvalue weighted by atomic mass is 32.2. The Morgan fingerprint density at radius 3 is 2.12 bits per heavy atom. The molecule has 4 amide bonds. The zero-order valence-corrected chi connectivity index (χ0v) is 28.0. The SMILES string of the molecule is COc1cc(/C=C(\NC(=O)c2ccccc2)C(=O)Nc2cccc(S[C@@H]3CC(=O)N(c4cc(C)cc(C)c4)C3=O)c2)cc(OC)c1OC. The molecular weight excluding hydrogens is 630 g/mol. The minimum Gasteiger partial charge on any atom is -0.493 e. The Kier molecular flexibility index (Phi) is 10.5. The van der Waals surface area contributed by atoms with Crippen LogP contribution in [-0.2, 0) is 14.4 Å². The summed E-state index contributed by atoms with van der Waals surface area (Å²) in [6, 6.07) is 24.4. The van der Waals surface area contributed by atoms with Crippen LogP contribution in [0.1, 0.15) is 33.5 Å². The number of hydrogen-bond donors (Lipinski definition) is 2. The molecule has 0 radical (unpaired) electrons. The Hall–Kier alpha value is -5.55. The first-order chi connectivity index (χ1) is 23.1. The molecular formula is C37H35N3O7S. The average molecular weight is 666 g/mol. The Bertz CT molecular complexity index is 1860. The molecule has 0 aliphatic carbocycles. The third kappa shape index (κ3) is 7.69. The standard InChI is InChI=1S/C37H35N3O7S/c1-22-14-23(2)16-27(15-22)40-33(41)21-32(37(40)44)48-28-13-9-12-26(20-28)38-36(43)29(39-35(42)25-10-7-6-8-11-25)17-24-18-30(45-3)34(47-5)31(19-24)46-4/h6-20,32H,21H2,1-5H3,(H,38,43)(H,39,42)/b29-17-/t32-/m1/s1. The second-order valence-corrected chi connectivity index (χ2v) is 12.3.